The third-order valence-corrected chi connectivity index (χ3v) is 4.23. The Balaban J connectivity index is 2.29. The summed E-state index contributed by atoms with van der Waals surface area (Å²) in [7, 11) is 0. The van der Waals surface area contributed by atoms with Crippen molar-refractivity contribution >= 4 is 22.3 Å². The van der Waals surface area contributed by atoms with Crippen molar-refractivity contribution in [2.24, 2.45) is 0 Å². The Labute approximate surface area is 143 Å². The molecule has 0 radical (unpaired) electrons. The first-order chi connectivity index (χ1) is 12.1. The van der Waals surface area contributed by atoms with Crippen molar-refractivity contribution in [3.63, 3.8) is 0 Å². The molecule has 0 saturated carbocycles. The Kier molecular flexibility index (Phi) is 3.42. The van der Waals surface area contributed by atoms with Crippen LogP contribution >= 0.6 is 0 Å². The number of para-hydroxylation sites is 1. The van der Waals surface area contributed by atoms with Crippen LogP contribution in [0.15, 0.2) is 59.4 Å². The molecule has 0 bridgehead atoms. The number of aromatic nitrogens is 3. The lowest BCUT2D eigenvalue weighted by molar-refractivity contribution is 0.101. The average Bonchev–Trinajstić information content (AvgIpc) is 2.61. The summed E-state index contributed by atoms with van der Waals surface area (Å²) in [4.78, 5) is 34.5. The monoisotopic (exact) mass is 329 g/mol. The van der Waals surface area contributed by atoms with Crippen molar-refractivity contribution in [1.29, 1.82) is 0 Å². The zero-order chi connectivity index (χ0) is 17.6. The van der Waals surface area contributed by atoms with Crippen molar-refractivity contribution in [3.8, 4) is 11.4 Å². The molecule has 0 N–H and O–H groups in total. The minimum absolute atomic E-state index is 0.163. The molecule has 0 saturated heterocycles. The minimum Gasteiger partial charge on any atom is -0.294 e. The highest BCUT2D eigenvalue weighted by molar-refractivity contribution is 6.02. The molecule has 0 atom stereocenters. The van der Waals surface area contributed by atoms with Crippen LogP contribution in [-0.2, 0) is 0 Å². The summed E-state index contributed by atoms with van der Waals surface area (Å²) < 4.78 is 1.45. The number of Topliss-reactive ketones (excluding diaryl/α,β-unsaturated/α-hetero) is 1. The molecule has 5 heteroatoms. The maximum absolute atomic E-state index is 13.1. The zero-order valence-corrected chi connectivity index (χ0v) is 13.9. The fraction of sp³-hybridized carbons (Fsp3) is 0.100. The van der Waals surface area contributed by atoms with Crippen molar-refractivity contribution < 1.29 is 4.79 Å². The van der Waals surface area contributed by atoms with Gasteiger partial charge in [-0.15, -0.1) is 0 Å². The number of rotatable bonds is 2. The number of aryl methyl sites for hydroxylation is 1. The van der Waals surface area contributed by atoms with E-state index in [0.29, 0.717) is 33.6 Å². The van der Waals surface area contributed by atoms with Crippen molar-refractivity contribution in [1.82, 2.24) is 14.4 Å². The van der Waals surface area contributed by atoms with Crippen LogP contribution in [0.5, 0.6) is 0 Å². The average molecular weight is 329 g/mol. The van der Waals surface area contributed by atoms with E-state index in [4.69, 9.17) is 0 Å². The van der Waals surface area contributed by atoms with Gasteiger partial charge in [0, 0.05) is 5.56 Å². The molecule has 0 fully saturated rings. The number of hydrogen-bond acceptors (Lipinski definition) is 4. The Morgan fingerprint density at radius 2 is 1.64 bits per heavy atom. The van der Waals surface area contributed by atoms with Gasteiger partial charge in [0.2, 0.25) is 0 Å². The standard InChI is InChI=1S/C20H15N3O2/c1-12-17(13(2)24)19-22-16-11-7-6-10-15(16)20(25)23(19)18(21-12)14-8-4-3-5-9-14/h3-11H,1-2H3. The van der Waals surface area contributed by atoms with Gasteiger partial charge in [-0.3, -0.25) is 9.59 Å². The predicted molar refractivity (Wildman–Crippen MR) is 96.9 cm³/mol. The Morgan fingerprint density at radius 3 is 2.36 bits per heavy atom. The van der Waals surface area contributed by atoms with Crippen molar-refractivity contribution in [3.05, 3.63) is 76.2 Å². The van der Waals surface area contributed by atoms with Crippen LogP contribution < -0.4 is 5.56 Å². The topological polar surface area (TPSA) is 64.3 Å². The minimum atomic E-state index is -0.227. The van der Waals surface area contributed by atoms with Crippen molar-refractivity contribution in [2.45, 2.75) is 13.8 Å². The molecule has 122 valence electrons. The first kappa shape index (κ1) is 15.2. The van der Waals surface area contributed by atoms with E-state index in [1.807, 2.05) is 36.4 Å². The van der Waals surface area contributed by atoms with E-state index in [2.05, 4.69) is 9.97 Å². The second-order valence-electron chi connectivity index (χ2n) is 5.91. The van der Waals surface area contributed by atoms with Crippen LogP contribution in [-0.4, -0.2) is 20.2 Å². The fourth-order valence-electron chi connectivity index (χ4n) is 3.12. The van der Waals surface area contributed by atoms with Gasteiger partial charge in [-0.05, 0) is 26.0 Å². The maximum Gasteiger partial charge on any atom is 0.267 e. The van der Waals surface area contributed by atoms with Gasteiger partial charge in [0.25, 0.3) is 5.56 Å². The van der Waals surface area contributed by atoms with Gasteiger partial charge < -0.3 is 0 Å². The number of nitrogens with zero attached hydrogens (tertiary/aromatic N) is 3. The van der Waals surface area contributed by atoms with E-state index in [1.165, 1.54) is 11.3 Å². The molecule has 2 heterocycles. The summed E-state index contributed by atoms with van der Waals surface area (Å²) in [6.45, 7) is 3.23. The number of carbonyl (C=O) groups excluding carboxylic acids is 1. The lowest BCUT2D eigenvalue weighted by Gasteiger charge is -2.13. The Hall–Kier alpha value is -3.34. The summed E-state index contributed by atoms with van der Waals surface area (Å²) in [6, 6.07) is 16.6. The Bertz CT molecular complexity index is 1190. The summed E-state index contributed by atoms with van der Waals surface area (Å²) in [5.74, 6) is 0.325. The van der Waals surface area contributed by atoms with Crippen LogP contribution in [0.3, 0.4) is 0 Å². The summed E-state index contributed by atoms with van der Waals surface area (Å²) >= 11 is 0. The molecule has 2 aromatic heterocycles. The van der Waals surface area contributed by atoms with E-state index in [-0.39, 0.29) is 11.3 Å². The highest BCUT2D eigenvalue weighted by Crippen LogP contribution is 2.23. The van der Waals surface area contributed by atoms with Gasteiger partial charge >= 0.3 is 0 Å². The highest BCUT2D eigenvalue weighted by atomic mass is 16.1. The quantitative estimate of drug-likeness (QED) is 0.417. The molecular formula is C20H15N3O2. The molecule has 4 aromatic rings. The molecule has 2 aromatic carbocycles. The maximum atomic E-state index is 13.1. The number of fused-ring (bicyclic) bond motifs is 2. The third kappa shape index (κ3) is 2.32. The van der Waals surface area contributed by atoms with Gasteiger partial charge in [0.1, 0.15) is 5.82 Å². The lowest BCUT2D eigenvalue weighted by Crippen LogP contribution is -2.21. The summed E-state index contributed by atoms with van der Waals surface area (Å²) in [5, 5.41) is 0.498. The number of benzene rings is 2. The molecule has 0 aliphatic heterocycles. The number of carbonyl (C=O) groups is 1. The molecule has 0 aliphatic rings. The normalized spacial score (nSPS) is 11.1. The van der Waals surface area contributed by atoms with Gasteiger partial charge in [0.15, 0.2) is 11.4 Å². The zero-order valence-electron chi connectivity index (χ0n) is 13.9. The van der Waals surface area contributed by atoms with E-state index < -0.39 is 0 Å². The summed E-state index contributed by atoms with van der Waals surface area (Å²) in [6.07, 6.45) is 0. The smallest absolute Gasteiger partial charge is 0.267 e. The fourth-order valence-corrected chi connectivity index (χ4v) is 3.12. The van der Waals surface area contributed by atoms with Crippen LogP contribution in [0.1, 0.15) is 23.0 Å². The van der Waals surface area contributed by atoms with Crippen LogP contribution in [0, 0.1) is 6.92 Å². The SMILES string of the molecule is CC(=O)c1c(C)nc(-c2ccccc2)n2c(=O)c3ccccc3nc12. The van der Waals surface area contributed by atoms with Crippen molar-refractivity contribution in [2.75, 3.05) is 0 Å². The van der Waals surface area contributed by atoms with Gasteiger partial charge in [0.05, 0.1) is 22.2 Å². The van der Waals surface area contributed by atoms with E-state index in [0.717, 1.165) is 5.56 Å². The van der Waals surface area contributed by atoms with Crippen LogP contribution in [0.2, 0.25) is 0 Å². The Morgan fingerprint density at radius 1 is 0.960 bits per heavy atom. The molecular weight excluding hydrogens is 314 g/mol. The second kappa shape index (κ2) is 5.63. The van der Waals surface area contributed by atoms with E-state index in [1.54, 1.807) is 25.1 Å². The lowest BCUT2D eigenvalue weighted by atomic mass is 10.1. The number of hydrogen-bond donors (Lipinski definition) is 0. The number of ketones is 1. The van der Waals surface area contributed by atoms with Crippen LogP contribution in [0.25, 0.3) is 27.9 Å². The molecule has 0 spiro atoms. The highest BCUT2D eigenvalue weighted by Gasteiger charge is 2.19. The second-order valence-corrected chi connectivity index (χ2v) is 5.91. The van der Waals surface area contributed by atoms with Crippen LogP contribution in [0.4, 0.5) is 0 Å². The van der Waals surface area contributed by atoms with E-state index in [9.17, 15) is 9.59 Å². The summed E-state index contributed by atoms with van der Waals surface area (Å²) in [5.41, 5.74) is 2.43. The molecule has 0 aliphatic carbocycles. The molecule has 25 heavy (non-hydrogen) atoms. The third-order valence-electron chi connectivity index (χ3n) is 4.23. The van der Waals surface area contributed by atoms with Gasteiger partial charge in [-0.1, -0.05) is 42.5 Å². The predicted octanol–water partition coefficient (Wildman–Crippen LogP) is 3.42. The molecule has 0 amide bonds. The largest absolute Gasteiger partial charge is 0.294 e. The van der Waals surface area contributed by atoms with Gasteiger partial charge in [-0.2, -0.15) is 0 Å². The first-order valence-electron chi connectivity index (χ1n) is 7.96. The van der Waals surface area contributed by atoms with E-state index >= 15 is 0 Å². The first-order valence-corrected chi connectivity index (χ1v) is 7.96. The molecule has 5 nitrogen and oxygen atoms in total. The molecule has 0 unspecified atom stereocenters. The molecule has 4 rings (SSSR count). The van der Waals surface area contributed by atoms with Gasteiger partial charge in [-0.25, -0.2) is 14.4 Å².